The van der Waals surface area contributed by atoms with Gasteiger partial charge in [0.2, 0.25) is 0 Å². The molecule has 114 valence electrons. The number of aromatic nitrogens is 4. The SMILES string of the molecule is CC[C@@H]1C[C@H]1Cn1cnc2c(c(S(C)(=O)=O)nn2C)c1=O. The molecule has 2 atom stereocenters. The molecule has 0 unspecified atom stereocenters. The van der Waals surface area contributed by atoms with Gasteiger partial charge >= 0.3 is 0 Å². The Balaban J connectivity index is 2.14. The summed E-state index contributed by atoms with van der Waals surface area (Å²) in [6, 6.07) is 0. The lowest BCUT2D eigenvalue weighted by Crippen LogP contribution is -2.22. The fourth-order valence-corrected chi connectivity index (χ4v) is 3.64. The van der Waals surface area contributed by atoms with E-state index in [0.717, 1.165) is 19.1 Å². The minimum atomic E-state index is -3.56. The van der Waals surface area contributed by atoms with Crippen molar-refractivity contribution in [3.63, 3.8) is 0 Å². The number of hydrogen-bond donors (Lipinski definition) is 0. The molecule has 0 bridgehead atoms. The van der Waals surface area contributed by atoms with Crippen molar-refractivity contribution >= 4 is 20.9 Å². The maximum absolute atomic E-state index is 12.6. The second-order valence-corrected chi connectivity index (χ2v) is 7.70. The quantitative estimate of drug-likeness (QED) is 0.824. The van der Waals surface area contributed by atoms with E-state index < -0.39 is 9.84 Å². The molecule has 0 radical (unpaired) electrons. The van der Waals surface area contributed by atoms with Crippen LogP contribution in [-0.2, 0) is 23.4 Å². The zero-order valence-corrected chi connectivity index (χ0v) is 13.1. The summed E-state index contributed by atoms with van der Waals surface area (Å²) < 4.78 is 26.5. The van der Waals surface area contributed by atoms with Crippen molar-refractivity contribution in [3.05, 3.63) is 16.7 Å². The van der Waals surface area contributed by atoms with Crippen LogP contribution in [0.1, 0.15) is 19.8 Å². The molecule has 1 aliphatic carbocycles. The van der Waals surface area contributed by atoms with Gasteiger partial charge < -0.3 is 0 Å². The molecule has 1 saturated carbocycles. The van der Waals surface area contributed by atoms with Crippen LogP contribution in [-0.4, -0.2) is 34.0 Å². The van der Waals surface area contributed by atoms with Crippen LogP contribution in [0, 0.1) is 11.8 Å². The van der Waals surface area contributed by atoms with Gasteiger partial charge in [-0.25, -0.2) is 18.1 Å². The highest BCUT2D eigenvalue weighted by atomic mass is 32.2. The van der Waals surface area contributed by atoms with E-state index in [1.807, 2.05) is 0 Å². The highest BCUT2D eigenvalue weighted by molar-refractivity contribution is 7.90. The Morgan fingerprint density at radius 2 is 2.10 bits per heavy atom. The molecule has 21 heavy (non-hydrogen) atoms. The van der Waals surface area contributed by atoms with Gasteiger partial charge in [-0.1, -0.05) is 13.3 Å². The summed E-state index contributed by atoms with van der Waals surface area (Å²) in [6.45, 7) is 2.73. The molecule has 0 aromatic carbocycles. The lowest BCUT2D eigenvalue weighted by atomic mass is 10.2. The molecule has 2 heterocycles. The first kappa shape index (κ1) is 14.2. The zero-order valence-electron chi connectivity index (χ0n) is 12.3. The number of hydrogen-bond acceptors (Lipinski definition) is 5. The fourth-order valence-electron chi connectivity index (χ4n) is 2.82. The van der Waals surface area contributed by atoms with Gasteiger partial charge in [-0.3, -0.25) is 9.36 Å². The summed E-state index contributed by atoms with van der Waals surface area (Å²) in [5.41, 5.74) is -0.0187. The minimum absolute atomic E-state index is 0.0937. The minimum Gasteiger partial charge on any atom is -0.298 e. The third kappa shape index (κ3) is 2.37. The van der Waals surface area contributed by atoms with Crippen LogP contribution in [0.2, 0.25) is 0 Å². The summed E-state index contributed by atoms with van der Waals surface area (Å²) in [7, 11) is -1.98. The van der Waals surface area contributed by atoms with E-state index in [0.29, 0.717) is 24.0 Å². The number of rotatable bonds is 4. The van der Waals surface area contributed by atoms with Gasteiger partial charge in [0.1, 0.15) is 5.39 Å². The molecular weight excluding hydrogens is 292 g/mol. The average molecular weight is 310 g/mol. The van der Waals surface area contributed by atoms with Gasteiger partial charge in [-0.05, 0) is 18.3 Å². The third-order valence-corrected chi connectivity index (χ3v) is 5.14. The zero-order chi connectivity index (χ0) is 15.4. The van der Waals surface area contributed by atoms with E-state index in [1.54, 1.807) is 7.05 Å². The van der Waals surface area contributed by atoms with Crippen LogP contribution in [0.25, 0.3) is 11.0 Å². The van der Waals surface area contributed by atoms with E-state index in [2.05, 4.69) is 17.0 Å². The second kappa shape index (κ2) is 4.66. The van der Waals surface area contributed by atoms with Crippen molar-refractivity contribution in [2.75, 3.05) is 6.26 Å². The molecule has 0 aliphatic heterocycles. The predicted octanol–water partition coefficient (Wildman–Crippen LogP) is 0.580. The van der Waals surface area contributed by atoms with Crippen molar-refractivity contribution < 1.29 is 8.42 Å². The average Bonchev–Trinajstić information content (AvgIpc) is 3.06. The number of fused-ring (bicyclic) bond motifs is 1. The largest absolute Gasteiger partial charge is 0.298 e. The van der Waals surface area contributed by atoms with Gasteiger partial charge in [0.15, 0.2) is 20.5 Å². The van der Waals surface area contributed by atoms with E-state index in [-0.39, 0.29) is 16.0 Å². The van der Waals surface area contributed by atoms with Crippen molar-refractivity contribution in [3.8, 4) is 0 Å². The highest BCUT2D eigenvalue weighted by Crippen LogP contribution is 2.41. The van der Waals surface area contributed by atoms with Crippen molar-refractivity contribution in [1.82, 2.24) is 19.3 Å². The lowest BCUT2D eigenvalue weighted by molar-refractivity contribution is 0.553. The topological polar surface area (TPSA) is 86.8 Å². The Bertz CT molecular complexity index is 865. The molecule has 2 aromatic rings. The second-order valence-electron chi connectivity index (χ2n) is 5.77. The summed E-state index contributed by atoms with van der Waals surface area (Å²) in [6.07, 6.45) is 4.77. The molecular formula is C13H18N4O3S. The van der Waals surface area contributed by atoms with Gasteiger partial charge in [0.05, 0.1) is 6.33 Å². The number of aryl methyl sites for hydroxylation is 1. The Hall–Kier alpha value is -1.70. The van der Waals surface area contributed by atoms with Crippen LogP contribution < -0.4 is 5.56 Å². The molecule has 1 fully saturated rings. The molecule has 3 rings (SSSR count). The van der Waals surface area contributed by atoms with Crippen LogP contribution in [0.3, 0.4) is 0 Å². The van der Waals surface area contributed by atoms with E-state index in [1.165, 1.54) is 15.6 Å². The normalized spacial score (nSPS) is 21.9. The first-order valence-corrected chi connectivity index (χ1v) is 8.84. The maximum Gasteiger partial charge on any atom is 0.265 e. The Labute approximate surface area is 122 Å². The molecule has 8 heteroatoms. The van der Waals surface area contributed by atoms with E-state index in [9.17, 15) is 13.2 Å². The van der Waals surface area contributed by atoms with Crippen molar-refractivity contribution in [2.24, 2.45) is 18.9 Å². The summed E-state index contributed by atoms with van der Waals surface area (Å²) >= 11 is 0. The molecule has 0 spiro atoms. The molecule has 2 aromatic heterocycles. The predicted molar refractivity (Wildman–Crippen MR) is 77.8 cm³/mol. The summed E-state index contributed by atoms with van der Waals surface area (Å²) in [4.78, 5) is 16.8. The Morgan fingerprint density at radius 3 is 2.67 bits per heavy atom. The first-order valence-electron chi connectivity index (χ1n) is 6.95. The van der Waals surface area contributed by atoms with Gasteiger partial charge in [-0.15, -0.1) is 0 Å². The van der Waals surface area contributed by atoms with Crippen LogP contribution in [0.5, 0.6) is 0 Å². The monoisotopic (exact) mass is 310 g/mol. The Kier molecular flexibility index (Phi) is 3.16. The van der Waals surface area contributed by atoms with Crippen molar-refractivity contribution in [2.45, 2.75) is 31.3 Å². The molecule has 0 amide bonds. The molecule has 7 nitrogen and oxygen atoms in total. The van der Waals surface area contributed by atoms with Crippen molar-refractivity contribution in [1.29, 1.82) is 0 Å². The summed E-state index contributed by atoms with van der Waals surface area (Å²) in [5, 5.41) is 3.85. The smallest absolute Gasteiger partial charge is 0.265 e. The van der Waals surface area contributed by atoms with Crippen LogP contribution in [0.4, 0.5) is 0 Å². The molecule has 1 aliphatic rings. The lowest BCUT2D eigenvalue weighted by Gasteiger charge is -2.04. The Morgan fingerprint density at radius 1 is 1.38 bits per heavy atom. The molecule has 0 saturated heterocycles. The van der Waals surface area contributed by atoms with Crippen LogP contribution in [0.15, 0.2) is 16.1 Å². The maximum atomic E-state index is 12.6. The highest BCUT2D eigenvalue weighted by Gasteiger charge is 2.35. The molecule has 0 N–H and O–H groups in total. The first-order chi connectivity index (χ1) is 9.82. The van der Waals surface area contributed by atoms with Gasteiger partial charge in [-0.2, -0.15) is 5.10 Å². The van der Waals surface area contributed by atoms with Crippen LogP contribution >= 0.6 is 0 Å². The number of sulfone groups is 1. The fraction of sp³-hybridized carbons (Fsp3) is 0.615. The van der Waals surface area contributed by atoms with Gasteiger partial charge in [0, 0.05) is 19.8 Å². The summed E-state index contributed by atoms with van der Waals surface area (Å²) in [5.74, 6) is 1.15. The van der Waals surface area contributed by atoms with E-state index >= 15 is 0 Å². The third-order valence-electron chi connectivity index (χ3n) is 4.15. The van der Waals surface area contributed by atoms with E-state index in [4.69, 9.17) is 0 Å². The van der Waals surface area contributed by atoms with Gasteiger partial charge in [0.25, 0.3) is 5.56 Å². The standard InChI is InChI=1S/C13H18N4O3S/c1-4-8-5-9(8)6-17-7-14-11-10(13(17)18)12(15-16(11)2)21(3,19)20/h7-9H,4-6H2,1-3H3/t8-,9+/m1/s1. The number of nitrogens with zero attached hydrogens (tertiary/aromatic N) is 4.